The first-order chi connectivity index (χ1) is 13.6. The molecular weight excluding hydrogens is 376 g/mol. The third-order valence-corrected chi connectivity index (χ3v) is 6.35. The van der Waals surface area contributed by atoms with Crippen molar-refractivity contribution in [1.82, 2.24) is 14.8 Å². The van der Waals surface area contributed by atoms with Gasteiger partial charge in [-0.05, 0) is 5.56 Å². The number of hydrogen-bond donors (Lipinski definition) is 1. The lowest BCUT2D eigenvalue weighted by molar-refractivity contribution is -0.133. The van der Waals surface area contributed by atoms with Gasteiger partial charge in [-0.3, -0.25) is 9.59 Å². The summed E-state index contributed by atoms with van der Waals surface area (Å²) in [6, 6.07) is 10.1. The zero-order chi connectivity index (χ0) is 19.7. The van der Waals surface area contributed by atoms with Crippen LogP contribution in [0.4, 0.5) is 5.13 Å². The predicted molar refractivity (Wildman–Crippen MR) is 107 cm³/mol. The van der Waals surface area contributed by atoms with Crippen LogP contribution >= 0.6 is 11.3 Å². The molecule has 2 N–H and O–H groups in total. The molecule has 1 aromatic carbocycles. The normalized spacial score (nSPS) is 23.8. The largest absolute Gasteiger partial charge is 0.384 e. The van der Waals surface area contributed by atoms with E-state index in [1.54, 1.807) is 12.5 Å². The fraction of sp³-hybridized carbons (Fsp3) is 0.450. The van der Waals surface area contributed by atoms with Crippen LogP contribution in [0.1, 0.15) is 28.5 Å². The Hall–Kier alpha value is -2.45. The zero-order valence-corrected chi connectivity index (χ0v) is 16.6. The van der Waals surface area contributed by atoms with Crippen LogP contribution < -0.4 is 5.73 Å². The van der Waals surface area contributed by atoms with E-state index in [0.717, 1.165) is 5.56 Å². The number of likely N-dealkylation sites (tertiary alicyclic amines) is 2. The minimum atomic E-state index is -0.0774. The molecule has 3 atom stereocenters. The molecule has 0 unspecified atom stereocenters. The van der Waals surface area contributed by atoms with E-state index in [1.807, 2.05) is 28.0 Å². The first kappa shape index (κ1) is 18.9. The van der Waals surface area contributed by atoms with Crippen LogP contribution in [0.5, 0.6) is 0 Å². The molecule has 2 aliphatic heterocycles. The van der Waals surface area contributed by atoms with Crippen molar-refractivity contribution in [2.45, 2.75) is 12.5 Å². The zero-order valence-electron chi connectivity index (χ0n) is 15.8. The highest BCUT2D eigenvalue weighted by Crippen LogP contribution is 2.45. The van der Waals surface area contributed by atoms with Crippen molar-refractivity contribution in [1.29, 1.82) is 0 Å². The number of nitrogen functional groups attached to an aromatic ring is 1. The molecule has 0 radical (unpaired) electrons. The highest BCUT2D eigenvalue weighted by Gasteiger charge is 2.50. The number of anilines is 1. The molecule has 0 spiro atoms. The standard InChI is InChI=1S/C20H24N4O3S/c1-27-8-7-17(25)24-10-14-9-23(19(26)16-12-28-20(21)22-16)11-15(14)18(24)13-5-3-2-4-6-13/h2-6,12,14-15,18H,7-11H2,1H3,(H2,21,22)/t14-,15-,18+/m0/s1. The molecule has 0 bridgehead atoms. The summed E-state index contributed by atoms with van der Waals surface area (Å²) in [4.78, 5) is 33.6. The summed E-state index contributed by atoms with van der Waals surface area (Å²) < 4.78 is 5.09. The Kier molecular flexibility index (Phi) is 5.32. The molecule has 2 amide bonds. The molecular formula is C20H24N4O3S. The number of carbonyl (C=O) groups excluding carboxylic acids is 2. The van der Waals surface area contributed by atoms with Gasteiger partial charge < -0.3 is 20.3 Å². The lowest BCUT2D eigenvalue weighted by Gasteiger charge is -2.30. The van der Waals surface area contributed by atoms with Crippen molar-refractivity contribution in [2.75, 3.05) is 39.1 Å². The van der Waals surface area contributed by atoms with E-state index in [0.29, 0.717) is 43.5 Å². The monoisotopic (exact) mass is 400 g/mol. The van der Waals surface area contributed by atoms with Gasteiger partial charge in [-0.1, -0.05) is 30.3 Å². The number of rotatable bonds is 5. The minimum absolute atomic E-state index is 0.0196. The summed E-state index contributed by atoms with van der Waals surface area (Å²) in [5.74, 6) is 0.507. The average molecular weight is 401 g/mol. The summed E-state index contributed by atoms with van der Waals surface area (Å²) in [6.07, 6.45) is 0.375. The Bertz CT molecular complexity index is 856. The Balaban J connectivity index is 1.55. The minimum Gasteiger partial charge on any atom is -0.384 e. The van der Waals surface area contributed by atoms with E-state index < -0.39 is 0 Å². The van der Waals surface area contributed by atoms with Crippen LogP contribution in [0.25, 0.3) is 0 Å². The lowest BCUT2D eigenvalue weighted by atomic mass is 9.89. The van der Waals surface area contributed by atoms with Gasteiger partial charge in [-0.25, -0.2) is 4.98 Å². The first-order valence-electron chi connectivity index (χ1n) is 9.42. The van der Waals surface area contributed by atoms with Crippen LogP contribution in [-0.2, 0) is 9.53 Å². The topological polar surface area (TPSA) is 88.8 Å². The maximum absolute atomic E-state index is 12.8. The van der Waals surface area contributed by atoms with Crippen molar-refractivity contribution in [2.24, 2.45) is 11.8 Å². The van der Waals surface area contributed by atoms with Crippen LogP contribution in [-0.4, -0.2) is 59.9 Å². The number of methoxy groups -OCH3 is 1. The molecule has 2 saturated heterocycles. The number of benzene rings is 1. The van der Waals surface area contributed by atoms with Gasteiger partial charge >= 0.3 is 0 Å². The van der Waals surface area contributed by atoms with Gasteiger partial charge in [0.05, 0.1) is 19.1 Å². The van der Waals surface area contributed by atoms with E-state index in [-0.39, 0.29) is 29.7 Å². The first-order valence-corrected chi connectivity index (χ1v) is 10.3. The second kappa shape index (κ2) is 7.89. The van der Waals surface area contributed by atoms with E-state index in [4.69, 9.17) is 10.5 Å². The van der Waals surface area contributed by atoms with Crippen LogP contribution in [0.15, 0.2) is 35.7 Å². The van der Waals surface area contributed by atoms with Crippen LogP contribution in [0, 0.1) is 11.8 Å². The summed E-state index contributed by atoms with van der Waals surface area (Å²) in [6.45, 7) is 2.34. The Labute approximate surface area is 168 Å². The highest BCUT2D eigenvalue weighted by molar-refractivity contribution is 7.13. The van der Waals surface area contributed by atoms with Crippen molar-refractivity contribution in [3.63, 3.8) is 0 Å². The summed E-state index contributed by atoms with van der Waals surface area (Å²) in [5.41, 5.74) is 7.21. The van der Waals surface area contributed by atoms with E-state index in [2.05, 4.69) is 17.1 Å². The number of ether oxygens (including phenoxy) is 1. The number of carbonyl (C=O) groups is 2. The van der Waals surface area contributed by atoms with Gasteiger partial charge in [0, 0.05) is 44.0 Å². The number of nitrogens with zero attached hydrogens (tertiary/aromatic N) is 3. The van der Waals surface area contributed by atoms with Gasteiger partial charge in [0.2, 0.25) is 5.91 Å². The average Bonchev–Trinajstić information content (AvgIpc) is 3.40. The fourth-order valence-electron chi connectivity index (χ4n) is 4.43. The second-order valence-corrected chi connectivity index (χ2v) is 8.24. The van der Waals surface area contributed by atoms with Gasteiger partial charge in [-0.15, -0.1) is 11.3 Å². The van der Waals surface area contributed by atoms with Crippen LogP contribution in [0.3, 0.4) is 0 Å². The molecule has 1 aromatic heterocycles. The molecule has 2 aromatic rings. The Morgan fingerprint density at radius 1 is 1.25 bits per heavy atom. The lowest BCUT2D eigenvalue weighted by Crippen LogP contribution is -2.37. The summed E-state index contributed by atoms with van der Waals surface area (Å²) >= 11 is 1.28. The third kappa shape index (κ3) is 3.49. The predicted octanol–water partition coefficient (Wildman–Crippen LogP) is 2.03. The van der Waals surface area contributed by atoms with E-state index >= 15 is 0 Å². The molecule has 148 valence electrons. The molecule has 2 aliphatic rings. The number of hydrogen-bond acceptors (Lipinski definition) is 6. The fourth-order valence-corrected chi connectivity index (χ4v) is 4.96. The van der Waals surface area contributed by atoms with E-state index in [9.17, 15) is 9.59 Å². The molecule has 3 heterocycles. The molecule has 0 saturated carbocycles. The smallest absolute Gasteiger partial charge is 0.273 e. The number of nitrogens with two attached hydrogens (primary N) is 1. The molecule has 4 rings (SSSR count). The van der Waals surface area contributed by atoms with Gasteiger partial charge in [-0.2, -0.15) is 0 Å². The Morgan fingerprint density at radius 2 is 2.04 bits per heavy atom. The SMILES string of the molecule is COCCC(=O)N1C[C@@H]2CN(C(=O)c3csc(N)n3)C[C@@H]2[C@H]1c1ccccc1. The molecule has 0 aliphatic carbocycles. The summed E-state index contributed by atoms with van der Waals surface area (Å²) in [5, 5.41) is 2.11. The molecule has 2 fully saturated rings. The maximum Gasteiger partial charge on any atom is 0.273 e. The van der Waals surface area contributed by atoms with Gasteiger partial charge in [0.15, 0.2) is 5.13 Å². The molecule has 7 nitrogen and oxygen atoms in total. The number of fused-ring (bicyclic) bond motifs is 1. The van der Waals surface area contributed by atoms with Gasteiger partial charge in [0.25, 0.3) is 5.91 Å². The quantitative estimate of drug-likeness (QED) is 0.830. The molecule has 28 heavy (non-hydrogen) atoms. The number of thiazole rings is 1. The van der Waals surface area contributed by atoms with E-state index in [1.165, 1.54) is 11.3 Å². The maximum atomic E-state index is 12.8. The molecule has 8 heteroatoms. The van der Waals surface area contributed by atoms with Crippen molar-refractivity contribution < 1.29 is 14.3 Å². The number of amides is 2. The third-order valence-electron chi connectivity index (χ3n) is 5.67. The number of aromatic nitrogens is 1. The van der Waals surface area contributed by atoms with Crippen molar-refractivity contribution in [3.05, 3.63) is 47.0 Å². The van der Waals surface area contributed by atoms with Gasteiger partial charge in [0.1, 0.15) is 5.69 Å². The highest BCUT2D eigenvalue weighted by atomic mass is 32.1. The van der Waals surface area contributed by atoms with Crippen molar-refractivity contribution >= 4 is 28.3 Å². The summed E-state index contributed by atoms with van der Waals surface area (Å²) in [7, 11) is 1.61. The Morgan fingerprint density at radius 3 is 2.71 bits per heavy atom. The van der Waals surface area contributed by atoms with Crippen molar-refractivity contribution in [3.8, 4) is 0 Å². The van der Waals surface area contributed by atoms with Crippen LogP contribution in [0.2, 0.25) is 0 Å². The second-order valence-electron chi connectivity index (χ2n) is 7.35.